The van der Waals surface area contributed by atoms with Gasteiger partial charge >= 0.3 is 5.97 Å². The molecule has 1 unspecified atom stereocenters. The average Bonchev–Trinajstić information content (AvgIpc) is 3.45. The molecule has 1 atom stereocenters. The van der Waals surface area contributed by atoms with Crippen molar-refractivity contribution in [3.63, 3.8) is 0 Å². The van der Waals surface area contributed by atoms with Crippen LogP contribution >= 0.6 is 0 Å². The van der Waals surface area contributed by atoms with Crippen molar-refractivity contribution in [3.8, 4) is 0 Å². The van der Waals surface area contributed by atoms with E-state index < -0.39 is 11.9 Å². The Hall–Kier alpha value is -2.76. The summed E-state index contributed by atoms with van der Waals surface area (Å²) in [5.41, 5.74) is 2.97. The summed E-state index contributed by atoms with van der Waals surface area (Å²) in [5.74, 6) is -1.46. The van der Waals surface area contributed by atoms with Gasteiger partial charge in [-0.2, -0.15) is 0 Å². The van der Waals surface area contributed by atoms with Gasteiger partial charge in [-0.3, -0.25) is 9.59 Å². The van der Waals surface area contributed by atoms with E-state index in [1.165, 1.54) is 6.33 Å². The van der Waals surface area contributed by atoms with Gasteiger partial charge in [0.15, 0.2) is 0 Å². The van der Waals surface area contributed by atoms with E-state index in [0.717, 1.165) is 29.7 Å². The van der Waals surface area contributed by atoms with Crippen LogP contribution in [0.3, 0.4) is 0 Å². The maximum atomic E-state index is 13.0. The van der Waals surface area contributed by atoms with E-state index in [1.54, 1.807) is 11.1 Å². The first-order valence-corrected chi connectivity index (χ1v) is 8.05. The minimum absolute atomic E-state index is 0.171. The van der Waals surface area contributed by atoms with Crippen molar-refractivity contribution in [2.45, 2.75) is 31.2 Å². The molecule has 0 saturated heterocycles. The van der Waals surface area contributed by atoms with E-state index in [9.17, 15) is 14.7 Å². The quantitative estimate of drug-likeness (QED) is 0.936. The molecule has 4 rings (SSSR count). The molecule has 2 heterocycles. The van der Waals surface area contributed by atoms with Crippen molar-refractivity contribution in [1.82, 2.24) is 14.9 Å². The number of carboxylic acid groups (broad SMARTS) is 1. The Kier molecular flexibility index (Phi) is 3.52. The number of aromatic nitrogens is 2. The van der Waals surface area contributed by atoms with Crippen molar-refractivity contribution in [2.75, 3.05) is 6.54 Å². The smallest absolute Gasteiger partial charge is 0.312 e. The molecule has 2 aliphatic rings. The molecule has 2 aromatic rings. The number of carbonyl (C=O) groups excluding carboxylic acids is 1. The molecule has 0 bridgehead atoms. The lowest BCUT2D eigenvalue weighted by atomic mass is 9.89. The third-order valence-corrected chi connectivity index (χ3v) is 4.72. The van der Waals surface area contributed by atoms with E-state index in [1.807, 2.05) is 24.3 Å². The summed E-state index contributed by atoms with van der Waals surface area (Å²) in [4.78, 5) is 34.5. The second-order valence-corrected chi connectivity index (χ2v) is 6.37. The van der Waals surface area contributed by atoms with Crippen LogP contribution in [0.5, 0.6) is 0 Å². The van der Waals surface area contributed by atoms with Crippen molar-refractivity contribution >= 4 is 11.9 Å². The van der Waals surface area contributed by atoms with Gasteiger partial charge in [-0.05, 0) is 24.0 Å². The van der Waals surface area contributed by atoms with Gasteiger partial charge in [0.05, 0.1) is 17.2 Å². The highest BCUT2D eigenvalue weighted by Gasteiger charge is 2.35. The molecule has 1 saturated carbocycles. The fourth-order valence-electron chi connectivity index (χ4n) is 3.33. The zero-order valence-electron chi connectivity index (χ0n) is 13.1. The zero-order chi connectivity index (χ0) is 16.7. The fourth-order valence-corrected chi connectivity index (χ4v) is 3.33. The highest BCUT2D eigenvalue weighted by Crippen LogP contribution is 2.40. The molecule has 6 nitrogen and oxygen atoms in total. The number of carbonyl (C=O) groups is 2. The fraction of sp³-hybridized carbons (Fsp3) is 0.333. The molecule has 1 N–H and O–H groups in total. The Morgan fingerprint density at radius 2 is 2.00 bits per heavy atom. The highest BCUT2D eigenvalue weighted by molar-refractivity contribution is 5.96. The second-order valence-electron chi connectivity index (χ2n) is 6.37. The van der Waals surface area contributed by atoms with Crippen molar-refractivity contribution < 1.29 is 14.7 Å². The third kappa shape index (κ3) is 2.54. The average molecular weight is 323 g/mol. The van der Waals surface area contributed by atoms with Gasteiger partial charge < -0.3 is 10.0 Å². The minimum Gasteiger partial charge on any atom is -0.481 e. The van der Waals surface area contributed by atoms with Crippen molar-refractivity contribution in [1.29, 1.82) is 0 Å². The number of aliphatic carboxylic acids is 1. The van der Waals surface area contributed by atoms with Crippen LogP contribution in [0.2, 0.25) is 0 Å². The molecule has 1 aromatic heterocycles. The molecular formula is C18H17N3O3. The number of benzene rings is 1. The molecule has 1 aliphatic carbocycles. The molecular weight excluding hydrogens is 306 g/mol. The largest absolute Gasteiger partial charge is 0.481 e. The first-order chi connectivity index (χ1) is 11.6. The number of nitrogens with zero attached hydrogens (tertiary/aromatic N) is 3. The Morgan fingerprint density at radius 3 is 2.75 bits per heavy atom. The first kappa shape index (κ1) is 14.8. The molecule has 1 aliphatic heterocycles. The van der Waals surface area contributed by atoms with Crippen LogP contribution in [0.1, 0.15) is 51.9 Å². The van der Waals surface area contributed by atoms with Gasteiger partial charge in [0.25, 0.3) is 5.91 Å². The number of amides is 1. The topological polar surface area (TPSA) is 83.4 Å². The van der Waals surface area contributed by atoms with Gasteiger partial charge in [0.1, 0.15) is 6.33 Å². The van der Waals surface area contributed by atoms with E-state index >= 15 is 0 Å². The molecule has 24 heavy (non-hydrogen) atoms. The van der Waals surface area contributed by atoms with Crippen LogP contribution in [0.15, 0.2) is 36.8 Å². The summed E-state index contributed by atoms with van der Waals surface area (Å²) in [6.45, 7) is 0.585. The van der Waals surface area contributed by atoms with Gasteiger partial charge in [-0.15, -0.1) is 0 Å². The monoisotopic (exact) mass is 323 g/mol. The Bertz CT molecular complexity index is 817. The molecule has 122 valence electrons. The number of carboxylic acids is 1. The number of fused-ring (bicyclic) bond motifs is 1. The van der Waals surface area contributed by atoms with E-state index in [-0.39, 0.29) is 12.5 Å². The van der Waals surface area contributed by atoms with Gasteiger partial charge in [-0.25, -0.2) is 9.97 Å². The summed E-state index contributed by atoms with van der Waals surface area (Å²) in [6.07, 6.45) is 5.10. The lowest BCUT2D eigenvalue weighted by molar-refractivity contribution is -0.139. The van der Waals surface area contributed by atoms with Gasteiger partial charge in [-0.1, -0.05) is 24.3 Å². The zero-order valence-corrected chi connectivity index (χ0v) is 13.1. The first-order valence-electron chi connectivity index (χ1n) is 8.05. The normalized spacial score (nSPS) is 19.7. The summed E-state index contributed by atoms with van der Waals surface area (Å²) < 4.78 is 0. The van der Waals surface area contributed by atoms with Crippen LogP contribution < -0.4 is 0 Å². The lowest BCUT2D eigenvalue weighted by Crippen LogP contribution is -2.41. The predicted molar refractivity (Wildman–Crippen MR) is 85.6 cm³/mol. The summed E-state index contributed by atoms with van der Waals surface area (Å²) >= 11 is 0. The maximum Gasteiger partial charge on any atom is 0.312 e. The van der Waals surface area contributed by atoms with Crippen LogP contribution in [-0.2, 0) is 11.3 Å². The summed E-state index contributed by atoms with van der Waals surface area (Å²) in [6, 6.07) is 7.42. The predicted octanol–water partition coefficient (Wildman–Crippen LogP) is 2.18. The van der Waals surface area contributed by atoms with Crippen molar-refractivity contribution in [2.24, 2.45) is 0 Å². The van der Waals surface area contributed by atoms with E-state index in [2.05, 4.69) is 9.97 Å². The molecule has 0 radical (unpaired) electrons. The molecule has 1 fully saturated rings. The minimum atomic E-state index is -0.910. The molecule has 1 amide bonds. The van der Waals surface area contributed by atoms with E-state index in [0.29, 0.717) is 18.0 Å². The van der Waals surface area contributed by atoms with Crippen molar-refractivity contribution in [3.05, 3.63) is 59.2 Å². The second kappa shape index (κ2) is 5.70. The lowest BCUT2D eigenvalue weighted by Gasteiger charge is -2.33. The Labute approximate surface area is 139 Å². The van der Waals surface area contributed by atoms with E-state index in [4.69, 9.17) is 0 Å². The number of hydrogen-bond acceptors (Lipinski definition) is 4. The summed E-state index contributed by atoms with van der Waals surface area (Å²) in [7, 11) is 0. The molecule has 0 spiro atoms. The van der Waals surface area contributed by atoms with Gasteiger partial charge in [0, 0.05) is 25.2 Å². The standard InChI is InChI=1S/C18H17N3O3/c22-17(14-7-19-10-20-16(14)11-5-6-11)21-8-12-3-1-2-4-13(12)15(9-21)18(23)24/h1-4,7,10-11,15H,5-6,8-9H2,(H,23,24). The number of hydrogen-bond donors (Lipinski definition) is 1. The van der Waals surface area contributed by atoms with Gasteiger partial charge in [0.2, 0.25) is 0 Å². The SMILES string of the molecule is O=C(O)C1CN(C(=O)c2cncnc2C2CC2)Cc2ccccc21. The highest BCUT2D eigenvalue weighted by atomic mass is 16.4. The summed E-state index contributed by atoms with van der Waals surface area (Å²) in [5, 5.41) is 9.55. The van der Waals surface area contributed by atoms with Crippen LogP contribution in [0, 0.1) is 0 Å². The maximum absolute atomic E-state index is 13.0. The number of rotatable bonds is 3. The Balaban J connectivity index is 1.68. The van der Waals surface area contributed by atoms with Crippen LogP contribution in [0.25, 0.3) is 0 Å². The van der Waals surface area contributed by atoms with Crippen LogP contribution in [-0.4, -0.2) is 38.4 Å². The van der Waals surface area contributed by atoms with Crippen LogP contribution in [0.4, 0.5) is 0 Å². The molecule has 1 aromatic carbocycles. The molecule has 6 heteroatoms. The third-order valence-electron chi connectivity index (χ3n) is 4.72. The Morgan fingerprint density at radius 1 is 1.21 bits per heavy atom.